The van der Waals surface area contributed by atoms with Gasteiger partial charge in [0.05, 0.1) is 0 Å². The second kappa shape index (κ2) is 3.34. The molecule has 0 saturated heterocycles. The predicted octanol–water partition coefficient (Wildman–Crippen LogP) is 1.76. The van der Waals surface area contributed by atoms with Crippen molar-refractivity contribution < 1.29 is 4.92 Å². The Labute approximate surface area is 70.2 Å². The summed E-state index contributed by atoms with van der Waals surface area (Å²) in [4.78, 5) is 13.4. The zero-order valence-corrected chi connectivity index (χ0v) is 7.10. The first-order valence-corrected chi connectivity index (χ1v) is 3.83. The monoisotopic (exact) mass is 169 g/mol. The maximum absolute atomic E-state index is 10.3. The van der Waals surface area contributed by atoms with Gasteiger partial charge in [-0.25, -0.2) is 0 Å². The molecule has 0 aliphatic heterocycles. The lowest BCUT2D eigenvalue weighted by atomic mass is 10.3. The molecular formula is C7H11N3O2. The van der Waals surface area contributed by atoms with E-state index >= 15 is 0 Å². The second-order valence-corrected chi connectivity index (χ2v) is 2.69. The van der Waals surface area contributed by atoms with Gasteiger partial charge >= 0.3 is 5.82 Å². The van der Waals surface area contributed by atoms with Crippen molar-refractivity contribution in [2.45, 2.75) is 26.3 Å². The molecule has 1 atom stereocenters. The zero-order valence-electron chi connectivity index (χ0n) is 7.10. The van der Waals surface area contributed by atoms with Crippen LogP contribution in [0.4, 0.5) is 5.82 Å². The van der Waals surface area contributed by atoms with Crippen molar-refractivity contribution in [1.29, 1.82) is 0 Å². The summed E-state index contributed by atoms with van der Waals surface area (Å²) in [7, 11) is 0. The number of nitrogens with zero attached hydrogens (tertiary/aromatic N) is 3. The van der Waals surface area contributed by atoms with E-state index in [0.717, 1.165) is 6.42 Å². The fourth-order valence-corrected chi connectivity index (χ4v) is 0.872. The SMILES string of the molecule is CCC(C)n1cnc([N+](=O)[O-])c1. The van der Waals surface area contributed by atoms with Crippen molar-refractivity contribution in [2.75, 3.05) is 0 Å². The average molecular weight is 169 g/mol. The molecule has 0 aliphatic rings. The van der Waals surface area contributed by atoms with E-state index in [2.05, 4.69) is 4.98 Å². The van der Waals surface area contributed by atoms with Crippen LogP contribution < -0.4 is 0 Å². The van der Waals surface area contributed by atoms with Crippen molar-refractivity contribution in [3.63, 3.8) is 0 Å². The van der Waals surface area contributed by atoms with E-state index in [1.807, 2.05) is 13.8 Å². The molecule has 5 nitrogen and oxygen atoms in total. The Hall–Kier alpha value is -1.39. The van der Waals surface area contributed by atoms with Crippen molar-refractivity contribution in [2.24, 2.45) is 0 Å². The van der Waals surface area contributed by atoms with Crippen LogP contribution in [0.2, 0.25) is 0 Å². The summed E-state index contributed by atoms with van der Waals surface area (Å²) in [6, 6.07) is 0.270. The van der Waals surface area contributed by atoms with Crippen LogP contribution in [0, 0.1) is 10.1 Å². The number of hydrogen-bond acceptors (Lipinski definition) is 3. The Bertz CT molecular complexity index is 282. The number of imidazole rings is 1. The van der Waals surface area contributed by atoms with Crippen molar-refractivity contribution in [1.82, 2.24) is 9.55 Å². The van der Waals surface area contributed by atoms with Gasteiger partial charge in [-0.1, -0.05) is 6.92 Å². The van der Waals surface area contributed by atoms with Crippen LogP contribution in [-0.2, 0) is 0 Å². The van der Waals surface area contributed by atoms with Gasteiger partial charge in [0, 0.05) is 6.04 Å². The first-order chi connectivity index (χ1) is 5.65. The van der Waals surface area contributed by atoms with E-state index in [4.69, 9.17) is 0 Å². The molecule has 0 radical (unpaired) electrons. The molecule has 0 bridgehead atoms. The van der Waals surface area contributed by atoms with E-state index in [0.29, 0.717) is 0 Å². The van der Waals surface area contributed by atoms with Gasteiger partial charge in [-0.2, -0.15) is 0 Å². The molecule has 0 aromatic carbocycles. The highest BCUT2D eigenvalue weighted by molar-refractivity contribution is 5.12. The minimum Gasteiger partial charge on any atom is -0.358 e. The summed E-state index contributed by atoms with van der Waals surface area (Å²) >= 11 is 0. The zero-order chi connectivity index (χ0) is 9.14. The Morgan fingerprint density at radius 1 is 1.83 bits per heavy atom. The highest BCUT2D eigenvalue weighted by Crippen LogP contribution is 2.13. The summed E-state index contributed by atoms with van der Waals surface area (Å²) in [5, 5.41) is 10.3. The molecule has 1 unspecified atom stereocenters. The Morgan fingerprint density at radius 3 is 2.92 bits per heavy atom. The summed E-state index contributed by atoms with van der Waals surface area (Å²) in [5.74, 6) is -0.0877. The predicted molar refractivity (Wildman–Crippen MR) is 43.9 cm³/mol. The number of nitro groups is 1. The Balaban J connectivity index is 2.84. The van der Waals surface area contributed by atoms with Gasteiger partial charge in [0.2, 0.25) is 6.33 Å². The van der Waals surface area contributed by atoms with Gasteiger partial charge < -0.3 is 14.7 Å². The lowest BCUT2D eigenvalue weighted by Gasteiger charge is -2.06. The third-order valence-corrected chi connectivity index (χ3v) is 1.87. The van der Waals surface area contributed by atoms with E-state index in [1.165, 1.54) is 12.5 Å². The van der Waals surface area contributed by atoms with Gasteiger partial charge in [0.25, 0.3) is 0 Å². The van der Waals surface area contributed by atoms with Crippen LogP contribution in [0.25, 0.3) is 0 Å². The van der Waals surface area contributed by atoms with Crippen LogP contribution in [0.15, 0.2) is 12.5 Å². The van der Waals surface area contributed by atoms with E-state index in [-0.39, 0.29) is 11.9 Å². The molecule has 0 spiro atoms. The Morgan fingerprint density at radius 2 is 2.50 bits per heavy atom. The first-order valence-electron chi connectivity index (χ1n) is 3.83. The standard InChI is InChI=1S/C7H11N3O2/c1-3-6(2)9-4-7(8-5-9)10(11)12/h4-6H,3H2,1-2H3. The van der Waals surface area contributed by atoms with Gasteiger partial charge in [-0.15, -0.1) is 0 Å². The normalized spacial score (nSPS) is 12.8. The molecule has 1 aromatic rings. The van der Waals surface area contributed by atoms with Crippen LogP contribution in [0.3, 0.4) is 0 Å². The summed E-state index contributed by atoms with van der Waals surface area (Å²) in [6.45, 7) is 4.02. The topological polar surface area (TPSA) is 61.0 Å². The number of hydrogen-bond donors (Lipinski definition) is 0. The number of aromatic nitrogens is 2. The van der Waals surface area contributed by atoms with E-state index in [9.17, 15) is 10.1 Å². The minimum absolute atomic E-state index is 0.0877. The van der Waals surface area contributed by atoms with Crippen LogP contribution >= 0.6 is 0 Å². The van der Waals surface area contributed by atoms with Gasteiger partial charge in [-0.3, -0.25) is 0 Å². The van der Waals surface area contributed by atoms with E-state index < -0.39 is 4.92 Å². The van der Waals surface area contributed by atoms with E-state index in [1.54, 1.807) is 4.57 Å². The van der Waals surface area contributed by atoms with Crippen LogP contribution in [0.1, 0.15) is 26.3 Å². The molecule has 0 N–H and O–H groups in total. The largest absolute Gasteiger partial charge is 0.381 e. The fraction of sp³-hybridized carbons (Fsp3) is 0.571. The second-order valence-electron chi connectivity index (χ2n) is 2.69. The van der Waals surface area contributed by atoms with Gasteiger partial charge in [0.15, 0.2) is 0 Å². The molecule has 0 amide bonds. The molecular weight excluding hydrogens is 158 g/mol. The molecule has 1 aromatic heterocycles. The van der Waals surface area contributed by atoms with Crippen molar-refractivity contribution >= 4 is 5.82 Å². The molecule has 0 saturated carbocycles. The lowest BCUT2D eigenvalue weighted by molar-refractivity contribution is -0.389. The molecule has 0 aliphatic carbocycles. The Kier molecular flexibility index (Phi) is 2.42. The molecule has 1 rings (SSSR count). The molecule has 0 fully saturated rings. The number of rotatable bonds is 3. The summed E-state index contributed by atoms with van der Waals surface area (Å²) in [5.41, 5.74) is 0. The van der Waals surface area contributed by atoms with Crippen LogP contribution in [0.5, 0.6) is 0 Å². The highest BCUT2D eigenvalue weighted by atomic mass is 16.6. The van der Waals surface area contributed by atoms with Crippen molar-refractivity contribution in [3.8, 4) is 0 Å². The summed E-state index contributed by atoms with van der Waals surface area (Å²) in [6.07, 6.45) is 3.88. The quantitative estimate of drug-likeness (QED) is 0.511. The maximum Gasteiger partial charge on any atom is 0.381 e. The third kappa shape index (κ3) is 1.61. The lowest BCUT2D eigenvalue weighted by Crippen LogP contribution is -1.99. The molecule has 5 heteroatoms. The van der Waals surface area contributed by atoms with Crippen molar-refractivity contribution in [3.05, 3.63) is 22.6 Å². The smallest absolute Gasteiger partial charge is 0.358 e. The molecule has 12 heavy (non-hydrogen) atoms. The molecule has 1 heterocycles. The van der Waals surface area contributed by atoms with Crippen LogP contribution in [-0.4, -0.2) is 14.5 Å². The fourth-order valence-electron chi connectivity index (χ4n) is 0.872. The van der Waals surface area contributed by atoms with Gasteiger partial charge in [-0.05, 0) is 23.3 Å². The summed E-state index contributed by atoms with van der Waals surface area (Å²) < 4.78 is 1.75. The minimum atomic E-state index is -0.487. The van der Waals surface area contributed by atoms with Gasteiger partial charge in [0.1, 0.15) is 6.20 Å². The highest BCUT2D eigenvalue weighted by Gasteiger charge is 2.11. The third-order valence-electron chi connectivity index (χ3n) is 1.87. The average Bonchev–Trinajstić information content (AvgIpc) is 2.51. The maximum atomic E-state index is 10.3. The first kappa shape index (κ1) is 8.70. The molecule has 66 valence electrons.